The molecule has 0 radical (unpaired) electrons. The zero-order valence-corrected chi connectivity index (χ0v) is 23.0. The maximum absolute atomic E-state index is 13.3. The summed E-state index contributed by atoms with van der Waals surface area (Å²) in [5, 5.41) is 15.8. The van der Waals surface area contributed by atoms with Gasteiger partial charge in [0.2, 0.25) is 5.91 Å². The maximum Gasteiger partial charge on any atom is 0.255 e. The first-order valence-electron chi connectivity index (χ1n) is 12.6. The van der Waals surface area contributed by atoms with E-state index in [0.717, 1.165) is 33.7 Å². The molecule has 39 heavy (non-hydrogen) atoms. The molecule has 3 N–H and O–H groups in total. The lowest BCUT2D eigenvalue weighted by atomic mass is 9.95. The van der Waals surface area contributed by atoms with Crippen molar-refractivity contribution in [3.63, 3.8) is 0 Å². The molecule has 0 bridgehead atoms. The van der Waals surface area contributed by atoms with Crippen molar-refractivity contribution in [2.24, 2.45) is 0 Å². The fraction of sp³-hybridized carbons (Fsp3) is 0.300. The van der Waals surface area contributed by atoms with E-state index in [9.17, 15) is 14.7 Å². The van der Waals surface area contributed by atoms with Gasteiger partial charge in [-0.15, -0.1) is 0 Å². The van der Waals surface area contributed by atoms with Gasteiger partial charge in [0, 0.05) is 45.1 Å². The monoisotopic (exact) mass is 532 g/mol. The number of carbonyl (C=O) groups excluding carboxylic acids is 2. The van der Waals surface area contributed by atoms with Gasteiger partial charge >= 0.3 is 0 Å². The summed E-state index contributed by atoms with van der Waals surface area (Å²) in [6, 6.07) is 7.34. The second kappa shape index (κ2) is 14.1. The first-order valence-corrected chi connectivity index (χ1v) is 12.6. The number of rotatable bonds is 11. The fourth-order valence-electron chi connectivity index (χ4n) is 4.10. The van der Waals surface area contributed by atoms with Gasteiger partial charge in [0.15, 0.2) is 0 Å². The Balaban J connectivity index is 1.91. The number of carbonyl (C=O) groups is 2. The van der Waals surface area contributed by atoms with E-state index in [1.165, 1.54) is 12.0 Å². The Bertz CT molecular complexity index is 1310. The molecule has 2 heterocycles. The molecule has 1 aromatic carbocycles. The largest absolute Gasteiger partial charge is 0.504 e. The van der Waals surface area contributed by atoms with Crippen molar-refractivity contribution in [3.05, 3.63) is 89.5 Å². The van der Waals surface area contributed by atoms with E-state index in [4.69, 9.17) is 9.47 Å². The van der Waals surface area contributed by atoms with Gasteiger partial charge in [0.25, 0.3) is 5.91 Å². The van der Waals surface area contributed by atoms with Crippen LogP contribution >= 0.6 is 0 Å². The summed E-state index contributed by atoms with van der Waals surface area (Å²) in [6.45, 7) is 3.69. The van der Waals surface area contributed by atoms with Crippen molar-refractivity contribution in [1.82, 2.24) is 9.88 Å². The Hall–Kier alpha value is -4.21. The highest BCUT2D eigenvalue weighted by Gasteiger charge is 2.20. The number of nitrogens with zero attached hydrogens (tertiary/aromatic N) is 2. The van der Waals surface area contributed by atoms with E-state index < -0.39 is 6.10 Å². The number of anilines is 2. The van der Waals surface area contributed by atoms with Crippen molar-refractivity contribution in [2.45, 2.75) is 26.4 Å². The molecule has 1 aliphatic heterocycles. The Labute approximate surface area is 229 Å². The van der Waals surface area contributed by atoms with Gasteiger partial charge in [-0.2, -0.15) is 0 Å². The van der Waals surface area contributed by atoms with Gasteiger partial charge in [-0.1, -0.05) is 24.3 Å². The SMILES string of the molecule is CO/C=C/C=C\C=C(/C)C1=CNc2ncc(-c3ccc(NC(=O)COC)c(C(=O)N(C)CC(C)O)c3)cc2C1. The molecule has 1 unspecified atom stereocenters. The third-order valence-electron chi connectivity index (χ3n) is 6.04. The van der Waals surface area contributed by atoms with Crippen LogP contribution < -0.4 is 10.6 Å². The van der Waals surface area contributed by atoms with E-state index in [2.05, 4.69) is 28.6 Å². The Morgan fingerprint density at radius 1 is 1.21 bits per heavy atom. The van der Waals surface area contributed by atoms with Crippen LogP contribution in [-0.2, 0) is 20.7 Å². The number of aromatic nitrogens is 1. The van der Waals surface area contributed by atoms with Crippen molar-refractivity contribution < 1.29 is 24.2 Å². The Kier molecular flexibility index (Phi) is 10.6. The number of hydrogen-bond acceptors (Lipinski definition) is 7. The zero-order chi connectivity index (χ0) is 28.4. The lowest BCUT2D eigenvalue weighted by molar-refractivity contribution is -0.119. The number of ether oxygens (including phenoxy) is 2. The van der Waals surface area contributed by atoms with Crippen LogP contribution in [0.4, 0.5) is 11.5 Å². The predicted molar refractivity (Wildman–Crippen MR) is 153 cm³/mol. The van der Waals surface area contributed by atoms with E-state index >= 15 is 0 Å². The number of pyridine rings is 1. The third kappa shape index (κ3) is 8.13. The molecule has 206 valence electrons. The van der Waals surface area contributed by atoms with E-state index in [-0.39, 0.29) is 25.0 Å². The van der Waals surface area contributed by atoms with Crippen LogP contribution in [0.15, 0.2) is 78.4 Å². The molecule has 0 spiro atoms. The minimum atomic E-state index is -0.692. The first-order chi connectivity index (χ1) is 18.7. The summed E-state index contributed by atoms with van der Waals surface area (Å²) in [4.78, 5) is 31.5. The van der Waals surface area contributed by atoms with Crippen molar-refractivity contribution in [2.75, 3.05) is 45.1 Å². The van der Waals surface area contributed by atoms with Crippen LogP contribution in [0.25, 0.3) is 11.1 Å². The molecule has 9 nitrogen and oxygen atoms in total. The third-order valence-corrected chi connectivity index (χ3v) is 6.04. The number of fused-ring (bicyclic) bond motifs is 1. The number of benzene rings is 1. The molecule has 2 aromatic rings. The second-order valence-electron chi connectivity index (χ2n) is 9.30. The average Bonchev–Trinajstić information content (AvgIpc) is 2.91. The summed E-state index contributed by atoms with van der Waals surface area (Å²) in [7, 11) is 4.65. The van der Waals surface area contributed by atoms with Gasteiger partial charge in [0.05, 0.1) is 30.7 Å². The van der Waals surface area contributed by atoms with E-state index in [1.807, 2.05) is 36.6 Å². The van der Waals surface area contributed by atoms with Crippen LogP contribution in [0, 0.1) is 0 Å². The highest BCUT2D eigenvalue weighted by molar-refractivity contribution is 6.05. The summed E-state index contributed by atoms with van der Waals surface area (Å²) in [6.07, 6.45) is 13.0. The lowest BCUT2D eigenvalue weighted by Crippen LogP contribution is -2.33. The molecule has 1 aromatic heterocycles. The van der Waals surface area contributed by atoms with Crippen molar-refractivity contribution in [3.8, 4) is 11.1 Å². The van der Waals surface area contributed by atoms with Gasteiger partial charge in [0.1, 0.15) is 12.4 Å². The van der Waals surface area contributed by atoms with Gasteiger partial charge in [-0.05, 0) is 60.4 Å². The summed E-state index contributed by atoms with van der Waals surface area (Å²) in [5.74, 6) is 0.0917. The van der Waals surface area contributed by atoms with Crippen LogP contribution in [0.3, 0.4) is 0 Å². The number of aliphatic hydroxyl groups excluding tert-OH is 1. The number of methoxy groups -OCH3 is 2. The topological polar surface area (TPSA) is 113 Å². The molecule has 1 atom stereocenters. The van der Waals surface area contributed by atoms with Gasteiger partial charge < -0.3 is 30.1 Å². The normalized spacial score (nSPS) is 14.0. The highest BCUT2D eigenvalue weighted by Crippen LogP contribution is 2.31. The van der Waals surface area contributed by atoms with Crippen LogP contribution in [0.2, 0.25) is 0 Å². The summed E-state index contributed by atoms with van der Waals surface area (Å²) < 4.78 is 9.81. The number of aliphatic hydroxyl groups is 1. The summed E-state index contributed by atoms with van der Waals surface area (Å²) >= 11 is 0. The standard InChI is InChI=1S/C30H36N4O5/c1-20(9-7-6-8-12-38-4)24-13-23-14-25(17-32-29(23)31-16-24)22-10-11-27(33-28(36)19-39-5)26(15-22)30(37)34(3)18-21(2)35/h6-12,14-17,21,35H,13,18-19H2,1-5H3,(H,31,32)(H,33,36)/b7-6-,12-8+,20-9+. The minimum absolute atomic E-state index is 0.135. The molecule has 3 rings (SSSR count). The predicted octanol–water partition coefficient (Wildman–Crippen LogP) is 4.30. The quantitative estimate of drug-likeness (QED) is 0.292. The van der Waals surface area contributed by atoms with E-state index in [0.29, 0.717) is 17.7 Å². The average molecular weight is 533 g/mol. The molecule has 2 amide bonds. The number of allylic oxidation sites excluding steroid dienone is 6. The molecule has 0 fully saturated rings. The number of nitrogens with one attached hydrogen (secondary N) is 2. The van der Waals surface area contributed by atoms with Crippen LogP contribution in [0.5, 0.6) is 0 Å². The summed E-state index contributed by atoms with van der Waals surface area (Å²) in [5.41, 5.74) is 5.57. The molecule has 0 saturated carbocycles. The number of amides is 2. The smallest absolute Gasteiger partial charge is 0.255 e. The molecular weight excluding hydrogens is 496 g/mol. The van der Waals surface area contributed by atoms with Gasteiger partial charge in [-0.25, -0.2) is 4.98 Å². The van der Waals surface area contributed by atoms with E-state index in [1.54, 1.807) is 45.7 Å². The Morgan fingerprint density at radius 3 is 2.72 bits per heavy atom. The Morgan fingerprint density at radius 2 is 2.00 bits per heavy atom. The first kappa shape index (κ1) is 29.3. The fourth-order valence-corrected chi connectivity index (χ4v) is 4.10. The van der Waals surface area contributed by atoms with Gasteiger partial charge in [-0.3, -0.25) is 9.59 Å². The zero-order valence-electron chi connectivity index (χ0n) is 23.0. The lowest BCUT2D eigenvalue weighted by Gasteiger charge is -2.22. The number of likely N-dealkylation sites (N-methyl/N-ethyl adjacent to an activating group) is 1. The van der Waals surface area contributed by atoms with Crippen LogP contribution in [-0.4, -0.2) is 67.3 Å². The van der Waals surface area contributed by atoms with Crippen molar-refractivity contribution >= 4 is 23.3 Å². The molecule has 1 aliphatic rings. The maximum atomic E-state index is 13.3. The minimum Gasteiger partial charge on any atom is -0.504 e. The molecule has 0 saturated heterocycles. The number of hydrogen-bond donors (Lipinski definition) is 3. The molecular formula is C30H36N4O5. The second-order valence-corrected chi connectivity index (χ2v) is 9.30. The highest BCUT2D eigenvalue weighted by atomic mass is 16.5. The van der Waals surface area contributed by atoms with Crippen LogP contribution in [0.1, 0.15) is 29.8 Å². The molecule has 9 heteroatoms. The molecule has 0 aliphatic carbocycles. The van der Waals surface area contributed by atoms with Crippen molar-refractivity contribution in [1.29, 1.82) is 0 Å².